The second-order valence-corrected chi connectivity index (χ2v) is 5.59. The molecule has 1 aliphatic heterocycles. The number of anilines is 2. The van der Waals surface area contributed by atoms with Crippen LogP contribution in [0.3, 0.4) is 0 Å². The first-order valence-corrected chi connectivity index (χ1v) is 7.17. The van der Waals surface area contributed by atoms with Crippen LogP contribution in [0.2, 0.25) is 0 Å². The molecule has 0 radical (unpaired) electrons. The second kappa shape index (κ2) is 5.33. The number of aromatic nitrogens is 2. The van der Waals surface area contributed by atoms with Gasteiger partial charge in [-0.2, -0.15) is 0 Å². The fourth-order valence-electron chi connectivity index (χ4n) is 3.58. The minimum absolute atomic E-state index is 0.417. The van der Waals surface area contributed by atoms with E-state index in [2.05, 4.69) is 14.9 Å². The first kappa shape index (κ1) is 12.7. The Kier molecular flexibility index (Phi) is 3.55. The summed E-state index contributed by atoms with van der Waals surface area (Å²) in [5.74, 6) is 3.04. The van der Waals surface area contributed by atoms with Gasteiger partial charge in [0.1, 0.15) is 18.2 Å². The number of hydrogen-bond donors (Lipinski definition) is 1. The number of rotatable bonds is 3. The lowest BCUT2D eigenvalue weighted by atomic mass is 9.92. The summed E-state index contributed by atoms with van der Waals surface area (Å²) in [6.07, 6.45) is 6.62. The van der Waals surface area contributed by atoms with Crippen molar-refractivity contribution >= 4 is 11.6 Å². The molecule has 2 aliphatic rings. The molecule has 3 rings (SSSR count). The zero-order chi connectivity index (χ0) is 13.2. The molecule has 2 unspecified atom stereocenters. The van der Waals surface area contributed by atoms with Crippen molar-refractivity contribution in [3.05, 3.63) is 11.9 Å². The largest absolute Gasteiger partial charge is 0.384 e. The average molecular weight is 262 g/mol. The van der Waals surface area contributed by atoms with Gasteiger partial charge in [0.25, 0.3) is 0 Å². The maximum absolute atomic E-state index is 5.90. The summed E-state index contributed by atoms with van der Waals surface area (Å²) in [5.41, 5.74) is 5.90. The molecule has 2 atom stereocenters. The second-order valence-electron chi connectivity index (χ2n) is 5.59. The van der Waals surface area contributed by atoms with Crippen LogP contribution in [0.4, 0.5) is 11.6 Å². The third kappa shape index (κ3) is 2.52. The molecule has 0 spiro atoms. The molecule has 1 aliphatic carbocycles. The number of ether oxygens (including phenoxy) is 1. The Morgan fingerprint density at radius 2 is 2.16 bits per heavy atom. The summed E-state index contributed by atoms with van der Waals surface area (Å²) in [5, 5.41) is 0. The molecule has 2 N–H and O–H groups in total. The topological polar surface area (TPSA) is 64.3 Å². The smallest absolute Gasteiger partial charge is 0.158 e. The Bertz CT molecular complexity index is 451. The molecular weight excluding hydrogens is 240 g/mol. The Hall–Kier alpha value is -1.36. The van der Waals surface area contributed by atoms with E-state index in [0.29, 0.717) is 24.3 Å². The summed E-state index contributed by atoms with van der Waals surface area (Å²) in [6, 6.07) is 2.55. The predicted octanol–water partition coefficient (Wildman–Crippen LogP) is 1.97. The summed E-state index contributed by atoms with van der Waals surface area (Å²) in [7, 11) is 1.65. The van der Waals surface area contributed by atoms with Crippen molar-refractivity contribution in [3.63, 3.8) is 0 Å². The third-order valence-electron chi connectivity index (χ3n) is 4.34. The molecule has 19 heavy (non-hydrogen) atoms. The van der Waals surface area contributed by atoms with Gasteiger partial charge in [-0.05, 0) is 31.6 Å². The highest BCUT2D eigenvalue weighted by molar-refractivity contribution is 5.48. The van der Waals surface area contributed by atoms with Crippen LogP contribution in [-0.2, 0) is 11.3 Å². The Morgan fingerprint density at radius 3 is 3.00 bits per heavy atom. The van der Waals surface area contributed by atoms with E-state index in [9.17, 15) is 0 Å². The molecule has 5 nitrogen and oxygen atoms in total. The minimum atomic E-state index is 0.417. The lowest BCUT2D eigenvalue weighted by Crippen LogP contribution is -2.43. The van der Waals surface area contributed by atoms with Crippen molar-refractivity contribution in [2.45, 2.75) is 44.8 Å². The maximum atomic E-state index is 5.90. The number of hydrogen-bond acceptors (Lipinski definition) is 5. The molecule has 2 heterocycles. The summed E-state index contributed by atoms with van der Waals surface area (Å²) in [4.78, 5) is 11.3. The molecule has 104 valence electrons. The van der Waals surface area contributed by atoms with Crippen molar-refractivity contribution in [3.8, 4) is 0 Å². The van der Waals surface area contributed by atoms with Crippen LogP contribution in [-0.4, -0.2) is 29.7 Å². The number of methoxy groups -OCH3 is 1. The molecular formula is C14H22N4O. The SMILES string of the molecule is COCc1nc(N)cc(N2CCCC3CCCC32)n1. The molecule has 0 amide bonds. The van der Waals surface area contributed by atoms with Gasteiger partial charge in [0, 0.05) is 25.8 Å². The zero-order valence-electron chi connectivity index (χ0n) is 11.5. The van der Waals surface area contributed by atoms with Crippen LogP contribution in [0, 0.1) is 5.92 Å². The van der Waals surface area contributed by atoms with E-state index >= 15 is 0 Å². The van der Waals surface area contributed by atoms with Crippen molar-refractivity contribution in [1.82, 2.24) is 9.97 Å². The third-order valence-corrected chi connectivity index (χ3v) is 4.34. The summed E-state index contributed by atoms with van der Waals surface area (Å²) >= 11 is 0. The standard InChI is InChI=1S/C14H22N4O/c1-19-9-13-16-12(15)8-14(17-13)18-7-3-5-10-4-2-6-11(10)18/h8,10-11H,2-7,9H2,1H3,(H2,15,16,17). The van der Waals surface area contributed by atoms with Crippen molar-refractivity contribution in [1.29, 1.82) is 0 Å². The molecule has 1 saturated heterocycles. The van der Waals surface area contributed by atoms with Gasteiger partial charge in [0.2, 0.25) is 0 Å². The van der Waals surface area contributed by atoms with Gasteiger partial charge in [-0.15, -0.1) is 0 Å². The fourth-order valence-corrected chi connectivity index (χ4v) is 3.58. The normalized spacial score (nSPS) is 26.5. The van der Waals surface area contributed by atoms with Crippen molar-refractivity contribution in [2.24, 2.45) is 5.92 Å². The van der Waals surface area contributed by atoms with E-state index in [1.54, 1.807) is 7.11 Å². The van der Waals surface area contributed by atoms with Crippen LogP contribution in [0.5, 0.6) is 0 Å². The van der Waals surface area contributed by atoms with E-state index < -0.39 is 0 Å². The zero-order valence-corrected chi connectivity index (χ0v) is 11.5. The Morgan fingerprint density at radius 1 is 1.32 bits per heavy atom. The van der Waals surface area contributed by atoms with Crippen LogP contribution in [0.1, 0.15) is 37.9 Å². The molecule has 0 bridgehead atoms. The molecule has 0 aromatic carbocycles. The van der Waals surface area contributed by atoms with Gasteiger partial charge in [-0.1, -0.05) is 6.42 Å². The van der Waals surface area contributed by atoms with Gasteiger partial charge in [-0.3, -0.25) is 0 Å². The van der Waals surface area contributed by atoms with Crippen LogP contribution in [0.15, 0.2) is 6.07 Å². The predicted molar refractivity (Wildman–Crippen MR) is 74.9 cm³/mol. The summed E-state index contributed by atoms with van der Waals surface area (Å²) in [6.45, 7) is 1.50. The summed E-state index contributed by atoms with van der Waals surface area (Å²) < 4.78 is 5.11. The Labute approximate surface area is 114 Å². The number of nitrogens with two attached hydrogens (primary N) is 1. The first-order valence-electron chi connectivity index (χ1n) is 7.17. The average Bonchev–Trinajstić information content (AvgIpc) is 2.86. The Balaban J connectivity index is 1.87. The van der Waals surface area contributed by atoms with Gasteiger partial charge < -0.3 is 15.4 Å². The number of fused-ring (bicyclic) bond motifs is 1. The highest BCUT2D eigenvalue weighted by atomic mass is 16.5. The monoisotopic (exact) mass is 262 g/mol. The number of nitrogens with zero attached hydrogens (tertiary/aromatic N) is 3. The molecule has 1 aromatic rings. The van der Waals surface area contributed by atoms with Crippen LogP contribution < -0.4 is 10.6 Å². The van der Waals surface area contributed by atoms with Crippen molar-refractivity contribution < 1.29 is 4.74 Å². The van der Waals surface area contributed by atoms with Crippen LogP contribution in [0.25, 0.3) is 0 Å². The lowest BCUT2D eigenvalue weighted by molar-refractivity contribution is 0.178. The van der Waals surface area contributed by atoms with Gasteiger partial charge in [-0.25, -0.2) is 9.97 Å². The quantitative estimate of drug-likeness (QED) is 0.902. The van der Waals surface area contributed by atoms with E-state index in [1.807, 2.05) is 6.07 Å². The molecule has 1 aromatic heterocycles. The molecule has 2 fully saturated rings. The molecule has 5 heteroatoms. The van der Waals surface area contributed by atoms with Gasteiger partial charge >= 0.3 is 0 Å². The van der Waals surface area contributed by atoms with Gasteiger partial charge in [0.05, 0.1) is 0 Å². The van der Waals surface area contributed by atoms with Crippen LogP contribution >= 0.6 is 0 Å². The highest BCUT2D eigenvalue weighted by Crippen LogP contribution is 2.38. The molecule has 1 saturated carbocycles. The lowest BCUT2D eigenvalue weighted by Gasteiger charge is -2.38. The number of nitrogen functional groups attached to an aromatic ring is 1. The van der Waals surface area contributed by atoms with Crippen molar-refractivity contribution in [2.75, 3.05) is 24.3 Å². The van der Waals surface area contributed by atoms with E-state index in [4.69, 9.17) is 10.5 Å². The number of piperidine rings is 1. The van der Waals surface area contributed by atoms with E-state index in [-0.39, 0.29) is 0 Å². The minimum Gasteiger partial charge on any atom is -0.384 e. The fraction of sp³-hybridized carbons (Fsp3) is 0.714. The van der Waals surface area contributed by atoms with E-state index in [1.165, 1.54) is 32.1 Å². The highest BCUT2D eigenvalue weighted by Gasteiger charge is 2.35. The maximum Gasteiger partial charge on any atom is 0.158 e. The van der Waals surface area contributed by atoms with E-state index in [0.717, 1.165) is 18.3 Å². The first-order chi connectivity index (χ1) is 9.28. The van der Waals surface area contributed by atoms with Gasteiger partial charge in [0.15, 0.2) is 5.82 Å².